The van der Waals surface area contributed by atoms with Crippen molar-refractivity contribution in [1.82, 2.24) is 19.6 Å². The molecule has 1 aliphatic rings. The molecular formula is C18H22N4O4. The smallest absolute Gasteiger partial charge is 0.409 e. The van der Waals surface area contributed by atoms with Gasteiger partial charge in [-0.3, -0.25) is 14.3 Å². The van der Waals surface area contributed by atoms with Gasteiger partial charge in [0.2, 0.25) is 5.43 Å². The molecule has 2 amide bonds. The van der Waals surface area contributed by atoms with Gasteiger partial charge >= 0.3 is 6.09 Å². The maximum absolute atomic E-state index is 12.8. The van der Waals surface area contributed by atoms with Crippen LogP contribution >= 0.6 is 0 Å². The van der Waals surface area contributed by atoms with E-state index in [-0.39, 0.29) is 17.2 Å². The van der Waals surface area contributed by atoms with Crippen LogP contribution in [0, 0.1) is 6.92 Å². The summed E-state index contributed by atoms with van der Waals surface area (Å²) in [6.07, 6.45) is -0.380. The highest BCUT2D eigenvalue weighted by Crippen LogP contribution is 2.13. The largest absolute Gasteiger partial charge is 0.450 e. The summed E-state index contributed by atoms with van der Waals surface area (Å²) in [4.78, 5) is 40.5. The molecule has 2 aromatic rings. The molecule has 8 nitrogen and oxygen atoms in total. The average Bonchev–Trinajstić information content (AvgIpc) is 2.64. The molecule has 0 unspecified atom stereocenters. The van der Waals surface area contributed by atoms with Crippen molar-refractivity contribution in [3.8, 4) is 0 Å². The minimum Gasteiger partial charge on any atom is -0.450 e. The van der Waals surface area contributed by atoms with Crippen LogP contribution in [0.2, 0.25) is 0 Å². The first-order valence-electron chi connectivity index (χ1n) is 8.61. The fourth-order valence-corrected chi connectivity index (χ4v) is 3.09. The maximum atomic E-state index is 12.8. The molecular weight excluding hydrogens is 336 g/mol. The minimum absolute atomic E-state index is 0.0878. The molecule has 1 aromatic heterocycles. The van der Waals surface area contributed by atoms with Gasteiger partial charge in [0.05, 0.1) is 17.5 Å². The van der Waals surface area contributed by atoms with Gasteiger partial charge in [0.25, 0.3) is 5.91 Å². The molecule has 1 saturated heterocycles. The third-order valence-electron chi connectivity index (χ3n) is 4.51. The predicted molar refractivity (Wildman–Crippen MR) is 96.2 cm³/mol. The Morgan fingerprint density at radius 3 is 2.46 bits per heavy atom. The lowest BCUT2D eigenvalue weighted by Gasteiger charge is -2.33. The van der Waals surface area contributed by atoms with E-state index in [1.165, 1.54) is 0 Å². The third kappa shape index (κ3) is 3.26. The van der Waals surface area contributed by atoms with E-state index < -0.39 is 5.91 Å². The molecule has 0 aliphatic carbocycles. The summed E-state index contributed by atoms with van der Waals surface area (Å²) in [5.74, 6) is -0.405. The lowest BCUT2D eigenvalue weighted by atomic mass is 10.1. The Hall–Kier alpha value is -2.90. The van der Waals surface area contributed by atoms with Gasteiger partial charge in [0.1, 0.15) is 0 Å². The second-order valence-electron chi connectivity index (χ2n) is 6.30. The number of aryl methyl sites for hydroxylation is 2. The molecule has 1 aromatic carbocycles. The zero-order valence-electron chi connectivity index (χ0n) is 15.2. The molecule has 0 saturated carbocycles. The van der Waals surface area contributed by atoms with Crippen molar-refractivity contribution in [2.45, 2.75) is 13.8 Å². The number of nitrogens with zero attached hydrogens (tertiary/aromatic N) is 4. The summed E-state index contributed by atoms with van der Waals surface area (Å²) in [5.41, 5.74) is 1.18. The molecule has 26 heavy (non-hydrogen) atoms. The van der Waals surface area contributed by atoms with E-state index in [0.717, 1.165) is 5.56 Å². The fraction of sp³-hybridized carbons (Fsp3) is 0.444. The third-order valence-corrected chi connectivity index (χ3v) is 4.51. The fourth-order valence-electron chi connectivity index (χ4n) is 3.09. The summed E-state index contributed by atoms with van der Waals surface area (Å²) < 4.78 is 6.53. The molecule has 0 radical (unpaired) electrons. The van der Waals surface area contributed by atoms with Crippen molar-refractivity contribution >= 4 is 22.9 Å². The van der Waals surface area contributed by atoms with E-state index in [1.54, 1.807) is 34.5 Å². The van der Waals surface area contributed by atoms with Crippen LogP contribution < -0.4 is 5.43 Å². The Labute approximate surface area is 150 Å². The molecule has 0 bridgehead atoms. The van der Waals surface area contributed by atoms with Crippen LogP contribution in [-0.4, -0.2) is 64.4 Å². The molecule has 8 heteroatoms. The van der Waals surface area contributed by atoms with Gasteiger partial charge in [0, 0.05) is 33.2 Å². The number of hydrogen-bond acceptors (Lipinski definition) is 5. The van der Waals surface area contributed by atoms with E-state index in [1.807, 2.05) is 19.1 Å². The predicted octanol–water partition coefficient (Wildman–Crippen LogP) is 1.16. The van der Waals surface area contributed by atoms with E-state index in [2.05, 4.69) is 5.10 Å². The minimum atomic E-state index is -0.405. The van der Waals surface area contributed by atoms with Crippen molar-refractivity contribution in [2.24, 2.45) is 7.05 Å². The van der Waals surface area contributed by atoms with E-state index in [4.69, 9.17) is 4.74 Å². The topological polar surface area (TPSA) is 84.7 Å². The molecule has 138 valence electrons. The summed E-state index contributed by atoms with van der Waals surface area (Å²) in [6, 6.07) is 5.50. The van der Waals surface area contributed by atoms with Gasteiger partial charge < -0.3 is 14.5 Å². The van der Waals surface area contributed by atoms with Crippen LogP contribution in [0.3, 0.4) is 0 Å². The van der Waals surface area contributed by atoms with E-state index >= 15 is 0 Å². The molecule has 3 rings (SSSR count). The van der Waals surface area contributed by atoms with Crippen LogP contribution in [-0.2, 0) is 11.8 Å². The highest BCUT2D eigenvalue weighted by molar-refractivity contribution is 5.95. The lowest BCUT2D eigenvalue weighted by molar-refractivity contribution is 0.0563. The number of carbonyl (C=O) groups is 2. The monoisotopic (exact) mass is 358 g/mol. The van der Waals surface area contributed by atoms with Crippen LogP contribution in [0.1, 0.15) is 23.0 Å². The van der Waals surface area contributed by atoms with Crippen molar-refractivity contribution in [1.29, 1.82) is 0 Å². The number of piperazine rings is 1. The highest BCUT2D eigenvalue weighted by Gasteiger charge is 2.28. The average molecular weight is 358 g/mol. The SMILES string of the molecule is CCOC(=O)N1CCN(C(=O)c2nn(C)c3ccc(C)cc3c2=O)CC1. The quantitative estimate of drug-likeness (QED) is 0.804. The molecule has 1 fully saturated rings. The van der Waals surface area contributed by atoms with Gasteiger partial charge in [-0.05, 0) is 26.0 Å². The maximum Gasteiger partial charge on any atom is 0.409 e. The number of hydrogen-bond donors (Lipinski definition) is 0. The number of carbonyl (C=O) groups excluding carboxylic acids is 2. The van der Waals surface area contributed by atoms with Gasteiger partial charge in [0.15, 0.2) is 5.69 Å². The van der Waals surface area contributed by atoms with E-state index in [9.17, 15) is 14.4 Å². The first-order chi connectivity index (χ1) is 12.4. The van der Waals surface area contributed by atoms with Crippen molar-refractivity contribution < 1.29 is 14.3 Å². The number of ether oxygens (including phenoxy) is 1. The van der Waals surface area contributed by atoms with Crippen LogP contribution in [0.4, 0.5) is 4.79 Å². The van der Waals surface area contributed by atoms with Crippen molar-refractivity contribution in [3.05, 3.63) is 39.7 Å². The van der Waals surface area contributed by atoms with Gasteiger partial charge in [-0.2, -0.15) is 5.10 Å². The number of fused-ring (bicyclic) bond motifs is 1. The van der Waals surface area contributed by atoms with Crippen LogP contribution in [0.5, 0.6) is 0 Å². The normalized spacial score (nSPS) is 14.6. The van der Waals surface area contributed by atoms with E-state index in [0.29, 0.717) is 43.7 Å². The zero-order valence-corrected chi connectivity index (χ0v) is 15.2. The Morgan fingerprint density at radius 1 is 1.15 bits per heavy atom. The number of aromatic nitrogens is 2. The molecule has 0 atom stereocenters. The Bertz CT molecular complexity index is 913. The van der Waals surface area contributed by atoms with Crippen molar-refractivity contribution in [2.75, 3.05) is 32.8 Å². The first kappa shape index (κ1) is 17.9. The molecule has 0 spiro atoms. The van der Waals surface area contributed by atoms with Crippen LogP contribution in [0.25, 0.3) is 10.9 Å². The first-order valence-corrected chi connectivity index (χ1v) is 8.61. The van der Waals surface area contributed by atoms with Gasteiger partial charge in [-0.1, -0.05) is 11.6 Å². The number of rotatable bonds is 2. The summed E-state index contributed by atoms with van der Waals surface area (Å²) in [7, 11) is 1.71. The van der Waals surface area contributed by atoms with Crippen molar-refractivity contribution in [3.63, 3.8) is 0 Å². The number of benzene rings is 1. The Balaban J connectivity index is 1.84. The van der Waals surface area contributed by atoms with Gasteiger partial charge in [-0.15, -0.1) is 0 Å². The summed E-state index contributed by atoms with van der Waals surface area (Å²) >= 11 is 0. The Kier molecular flexibility index (Phi) is 4.92. The number of amides is 2. The molecule has 0 N–H and O–H groups in total. The zero-order chi connectivity index (χ0) is 18.8. The summed E-state index contributed by atoms with van der Waals surface area (Å²) in [6.45, 7) is 5.39. The molecule has 1 aliphatic heterocycles. The second-order valence-corrected chi connectivity index (χ2v) is 6.30. The highest BCUT2D eigenvalue weighted by atomic mass is 16.6. The standard InChI is InChI=1S/C18H22N4O4/c1-4-26-18(25)22-9-7-21(8-10-22)17(24)15-16(23)13-11-12(2)5-6-14(13)20(3)19-15/h5-6,11H,4,7-10H2,1-3H3. The second kappa shape index (κ2) is 7.15. The lowest BCUT2D eigenvalue weighted by Crippen LogP contribution is -2.51. The Morgan fingerprint density at radius 2 is 1.81 bits per heavy atom. The van der Waals surface area contributed by atoms with Crippen LogP contribution in [0.15, 0.2) is 23.0 Å². The summed E-state index contributed by atoms with van der Waals surface area (Å²) in [5, 5.41) is 4.68. The molecule has 2 heterocycles. The van der Waals surface area contributed by atoms with Gasteiger partial charge in [-0.25, -0.2) is 4.79 Å².